The molecular weight excluding hydrogens is 400 g/mol. The number of hydrogen-bond acceptors (Lipinski definition) is 4. The quantitative estimate of drug-likeness (QED) is 0.394. The Bertz CT molecular complexity index is 1190. The van der Waals surface area contributed by atoms with Gasteiger partial charge in [0.25, 0.3) is 5.91 Å². The van der Waals surface area contributed by atoms with E-state index in [4.69, 9.17) is 4.74 Å². The van der Waals surface area contributed by atoms with Crippen LogP contribution in [0.15, 0.2) is 48.0 Å². The monoisotopic (exact) mass is 428 g/mol. The zero-order valence-electron chi connectivity index (χ0n) is 19.3. The highest BCUT2D eigenvalue weighted by Gasteiger charge is 2.53. The predicted octanol–water partition coefficient (Wildman–Crippen LogP) is 4.92. The van der Waals surface area contributed by atoms with Crippen molar-refractivity contribution in [1.82, 2.24) is 0 Å². The van der Waals surface area contributed by atoms with E-state index < -0.39 is 11.5 Å². The van der Waals surface area contributed by atoms with Crippen molar-refractivity contribution in [2.75, 3.05) is 11.5 Å². The van der Waals surface area contributed by atoms with E-state index in [0.717, 1.165) is 23.2 Å². The van der Waals surface area contributed by atoms with Gasteiger partial charge >= 0.3 is 5.97 Å². The number of carbonyl (C=O) groups excluding carboxylic acids is 2. The van der Waals surface area contributed by atoms with Gasteiger partial charge < -0.3 is 9.64 Å². The minimum absolute atomic E-state index is 0.139. The first kappa shape index (κ1) is 21.8. The van der Waals surface area contributed by atoms with Crippen LogP contribution in [0.2, 0.25) is 0 Å². The average molecular weight is 429 g/mol. The van der Waals surface area contributed by atoms with Crippen molar-refractivity contribution in [3.8, 4) is 6.07 Å². The molecule has 0 N–H and O–H groups in total. The molecule has 0 radical (unpaired) electrons. The lowest BCUT2D eigenvalue weighted by atomic mass is 9.65. The Hall–Kier alpha value is -3.39. The Morgan fingerprint density at radius 1 is 1.16 bits per heavy atom. The molecule has 0 bridgehead atoms. The fraction of sp³-hybridized carbons (Fsp3) is 0.370. The molecule has 2 aromatic rings. The van der Waals surface area contributed by atoms with Crippen LogP contribution < -0.4 is 4.90 Å². The molecule has 0 aromatic heterocycles. The van der Waals surface area contributed by atoms with E-state index in [-0.39, 0.29) is 29.1 Å². The maximum atomic E-state index is 13.8. The molecule has 2 aliphatic heterocycles. The largest absolute Gasteiger partial charge is 0.462 e. The van der Waals surface area contributed by atoms with Crippen LogP contribution in [0.1, 0.15) is 63.3 Å². The number of ether oxygens (including phenoxy) is 1. The molecule has 2 aliphatic rings. The van der Waals surface area contributed by atoms with Gasteiger partial charge in [-0.05, 0) is 56.4 Å². The molecule has 1 amide bonds. The summed E-state index contributed by atoms with van der Waals surface area (Å²) in [5.41, 5.74) is 3.85. The van der Waals surface area contributed by atoms with Crippen molar-refractivity contribution in [2.45, 2.75) is 58.4 Å². The van der Waals surface area contributed by atoms with Crippen LogP contribution in [-0.4, -0.2) is 24.0 Å². The van der Waals surface area contributed by atoms with Gasteiger partial charge in [0.05, 0.1) is 17.9 Å². The average Bonchev–Trinajstić information content (AvgIpc) is 3.06. The lowest BCUT2D eigenvalue weighted by Crippen LogP contribution is -2.54. The van der Waals surface area contributed by atoms with E-state index in [1.54, 1.807) is 11.8 Å². The molecule has 164 valence electrons. The normalized spacial score (nSPS) is 22.2. The van der Waals surface area contributed by atoms with Gasteiger partial charge in [0.15, 0.2) is 5.57 Å². The fourth-order valence-corrected chi connectivity index (χ4v) is 5.41. The summed E-state index contributed by atoms with van der Waals surface area (Å²) in [7, 11) is 0. The van der Waals surface area contributed by atoms with E-state index in [9.17, 15) is 14.9 Å². The molecule has 0 aliphatic carbocycles. The second kappa shape index (κ2) is 7.63. The first-order valence-corrected chi connectivity index (χ1v) is 11.1. The highest BCUT2D eigenvalue weighted by atomic mass is 16.5. The lowest BCUT2D eigenvalue weighted by Gasteiger charge is -2.50. The number of esters is 1. The van der Waals surface area contributed by atoms with Gasteiger partial charge in [-0.3, -0.25) is 4.79 Å². The van der Waals surface area contributed by atoms with Crippen LogP contribution in [0.4, 0.5) is 5.69 Å². The molecule has 5 heteroatoms. The smallest absolute Gasteiger partial charge is 0.349 e. The van der Waals surface area contributed by atoms with Crippen LogP contribution in [0, 0.1) is 11.3 Å². The van der Waals surface area contributed by atoms with E-state index in [2.05, 4.69) is 32.0 Å². The molecule has 2 aromatic carbocycles. The van der Waals surface area contributed by atoms with Crippen LogP contribution in [0.5, 0.6) is 0 Å². The molecule has 0 saturated carbocycles. The summed E-state index contributed by atoms with van der Waals surface area (Å²) in [6, 6.07) is 16.4. The molecule has 2 heterocycles. The Morgan fingerprint density at radius 2 is 1.84 bits per heavy atom. The first-order valence-electron chi connectivity index (χ1n) is 11.1. The molecule has 1 unspecified atom stereocenters. The number of nitrogens with zero attached hydrogens (tertiary/aromatic N) is 2. The van der Waals surface area contributed by atoms with Gasteiger partial charge in [-0.1, -0.05) is 50.2 Å². The second-order valence-electron chi connectivity index (χ2n) is 9.30. The van der Waals surface area contributed by atoms with Crippen LogP contribution >= 0.6 is 0 Å². The summed E-state index contributed by atoms with van der Waals surface area (Å²) in [5, 5.41) is 9.83. The van der Waals surface area contributed by atoms with Crippen LogP contribution in [0.25, 0.3) is 5.57 Å². The molecule has 1 atom stereocenters. The van der Waals surface area contributed by atoms with E-state index >= 15 is 0 Å². The topological polar surface area (TPSA) is 70.4 Å². The maximum absolute atomic E-state index is 13.8. The van der Waals surface area contributed by atoms with Gasteiger partial charge in [0.1, 0.15) is 6.07 Å². The Labute approximate surface area is 189 Å². The fourth-order valence-electron chi connectivity index (χ4n) is 5.41. The van der Waals surface area contributed by atoms with Crippen molar-refractivity contribution in [1.29, 1.82) is 5.26 Å². The number of benzene rings is 2. The van der Waals surface area contributed by atoms with Gasteiger partial charge in [-0.25, -0.2) is 4.79 Å². The minimum Gasteiger partial charge on any atom is -0.462 e. The number of carbonyl (C=O) groups is 2. The standard InChI is InChI=1S/C27H28N2O3/c1-6-17-13-19-22(20(15-28)25(31)32-7-2)24(30)29-23(19)21(14-17)27(5,16-26(29,3)4)18-11-9-8-10-12-18/h8-14H,6-7,16H2,1-5H3/b22-20+. The SMILES string of the molecule is CCOC(=O)/C(C#N)=C1/C(=O)N2c3c1cc(CC)cc3C(C)(c1ccccc1)CC2(C)C. The molecule has 0 spiro atoms. The molecule has 0 saturated heterocycles. The van der Waals surface area contributed by atoms with Crippen molar-refractivity contribution >= 4 is 23.1 Å². The summed E-state index contributed by atoms with van der Waals surface area (Å²) in [4.78, 5) is 28.1. The summed E-state index contributed by atoms with van der Waals surface area (Å²) in [6.45, 7) is 10.2. The Balaban J connectivity index is 2.10. The summed E-state index contributed by atoms with van der Waals surface area (Å²) in [6.07, 6.45) is 1.49. The van der Waals surface area contributed by atoms with Crippen molar-refractivity contribution in [3.05, 3.63) is 70.3 Å². The van der Waals surface area contributed by atoms with Gasteiger partial charge in [0.2, 0.25) is 0 Å². The molecule has 5 nitrogen and oxygen atoms in total. The van der Waals surface area contributed by atoms with Gasteiger partial charge in [0, 0.05) is 16.5 Å². The minimum atomic E-state index is -0.752. The van der Waals surface area contributed by atoms with Crippen LogP contribution in [0.3, 0.4) is 0 Å². The summed E-state index contributed by atoms with van der Waals surface area (Å²) in [5.74, 6) is -1.06. The van der Waals surface area contributed by atoms with Gasteiger partial charge in [-0.15, -0.1) is 0 Å². The van der Waals surface area contributed by atoms with E-state index in [0.29, 0.717) is 12.0 Å². The number of amides is 1. The Morgan fingerprint density at radius 3 is 2.44 bits per heavy atom. The molecule has 4 rings (SSSR count). The highest BCUT2D eigenvalue weighted by molar-refractivity contribution is 6.37. The zero-order chi connectivity index (χ0) is 23.3. The number of anilines is 1. The number of aryl methyl sites for hydroxylation is 1. The Kier molecular flexibility index (Phi) is 5.21. The van der Waals surface area contributed by atoms with Crippen molar-refractivity contribution < 1.29 is 14.3 Å². The van der Waals surface area contributed by atoms with Gasteiger partial charge in [-0.2, -0.15) is 5.26 Å². The van der Waals surface area contributed by atoms with Crippen molar-refractivity contribution in [3.63, 3.8) is 0 Å². The van der Waals surface area contributed by atoms with E-state index in [1.165, 1.54) is 5.56 Å². The third-order valence-electron chi connectivity index (χ3n) is 6.73. The first-order chi connectivity index (χ1) is 15.2. The summed E-state index contributed by atoms with van der Waals surface area (Å²) >= 11 is 0. The maximum Gasteiger partial charge on any atom is 0.349 e. The lowest BCUT2D eigenvalue weighted by molar-refractivity contribution is -0.138. The highest BCUT2D eigenvalue weighted by Crippen LogP contribution is 2.56. The third kappa shape index (κ3) is 3.05. The number of hydrogen-bond donors (Lipinski definition) is 0. The molecule has 0 fully saturated rings. The summed E-state index contributed by atoms with van der Waals surface area (Å²) < 4.78 is 5.11. The van der Waals surface area contributed by atoms with Crippen molar-refractivity contribution in [2.24, 2.45) is 0 Å². The second-order valence-corrected chi connectivity index (χ2v) is 9.30. The third-order valence-corrected chi connectivity index (χ3v) is 6.73. The zero-order valence-corrected chi connectivity index (χ0v) is 19.3. The number of nitriles is 1. The molecule has 32 heavy (non-hydrogen) atoms. The number of rotatable bonds is 4. The predicted molar refractivity (Wildman–Crippen MR) is 124 cm³/mol. The molecular formula is C27H28N2O3. The van der Waals surface area contributed by atoms with Crippen LogP contribution in [-0.2, 0) is 26.2 Å². The van der Waals surface area contributed by atoms with E-state index in [1.807, 2.05) is 44.2 Å².